The molecule has 1 aromatic rings. The molecule has 0 fully saturated rings. The Balaban J connectivity index is 3.41. The maximum atomic E-state index is 5.95. The van der Waals surface area contributed by atoms with E-state index in [2.05, 4.69) is 0 Å². The zero-order valence-corrected chi connectivity index (χ0v) is 9.50. The number of hydrogen-bond donors (Lipinski definition) is 1. The van der Waals surface area contributed by atoms with Crippen LogP contribution < -0.4 is 10.6 Å². The first-order chi connectivity index (χ1) is 5.95. The van der Waals surface area contributed by atoms with Crippen LogP contribution in [0.2, 0.25) is 15.1 Å². The molecule has 0 saturated carbocycles. The Morgan fingerprint density at radius 1 is 1.15 bits per heavy atom. The zero-order chi connectivity index (χ0) is 10.2. The van der Waals surface area contributed by atoms with Gasteiger partial charge < -0.3 is 10.6 Å². The fraction of sp³-hybridized carbons (Fsp3) is 0.250. The lowest BCUT2D eigenvalue weighted by atomic mass is 10.2. The number of rotatable bonds is 1. The molecule has 0 aliphatic rings. The molecule has 0 heterocycles. The average molecular weight is 240 g/mol. The minimum absolute atomic E-state index is 0.304. The summed E-state index contributed by atoms with van der Waals surface area (Å²) in [6, 6.07) is 1.69. The van der Waals surface area contributed by atoms with Crippen LogP contribution in [-0.2, 0) is 0 Å². The summed E-state index contributed by atoms with van der Waals surface area (Å²) in [5, 5.41) is 1.14. The standard InChI is InChI=1S/C8H9Cl3N2/c1-13(2)5-3-4(9)8(12)7(11)6(5)10/h3H,12H2,1-2H3. The van der Waals surface area contributed by atoms with Crippen molar-refractivity contribution in [2.45, 2.75) is 0 Å². The molecule has 72 valence electrons. The first-order valence-corrected chi connectivity index (χ1v) is 4.68. The molecule has 0 bridgehead atoms. The van der Waals surface area contributed by atoms with Crippen molar-refractivity contribution in [2.24, 2.45) is 0 Å². The summed E-state index contributed by atoms with van der Waals surface area (Å²) in [5.41, 5.74) is 6.66. The van der Waals surface area contributed by atoms with E-state index < -0.39 is 0 Å². The number of anilines is 2. The molecule has 2 nitrogen and oxygen atoms in total. The van der Waals surface area contributed by atoms with Gasteiger partial charge in [0.2, 0.25) is 0 Å². The van der Waals surface area contributed by atoms with E-state index in [1.54, 1.807) is 6.07 Å². The van der Waals surface area contributed by atoms with Gasteiger partial charge in [0, 0.05) is 14.1 Å². The van der Waals surface area contributed by atoms with Gasteiger partial charge in [-0.25, -0.2) is 0 Å². The van der Waals surface area contributed by atoms with E-state index in [0.717, 1.165) is 5.69 Å². The van der Waals surface area contributed by atoms with Gasteiger partial charge in [0.15, 0.2) is 0 Å². The van der Waals surface area contributed by atoms with Gasteiger partial charge >= 0.3 is 0 Å². The normalized spacial score (nSPS) is 10.2. The van der Waals surface area contributed by atoms with E-state index >= 15 is 0 Å². The molecule has 0 radical (unpaired) electrons. The van der Waals surface area contributed by atoms with Crippen LogP contribution in [-0.4, -0.2) is 14.1 Å². The molecule has 2 N–H and O–H groups in total. The lowest BCUT2D eigenvalue weighted by molar-refractivity contribution is 1.13. The van der Waals surface area contributed by atoms with Crippen LogP contribution in [0.15, 0.2) is 6.07 Å². The smallest absolute Gasteiger partial charge is 0.0858 e. The Morgan fingerprint density at radius 2 is 1.69 bits per heavy atom. The third kappa shape index (κ3) is 1.96. The summed E-state index contributed by atoms with van der Waals surface area (Å²) < 4.78 is 0. The highest BCUT2D eigenvalue weighted by Crippen LogP contribution is 2.40. The number of nitrogens with zero attached hydrogens (tertiary/aromatic N) is 1. The first-order valence-electron chi connectivity index (χ1n) is 3.55. The highest BCUT2D eigenvalue weighted by atomic mass is 35.5. The third-order valence-corrected chi connectivity index (χ3v) is 2.84. The van der Waals surface area contributed by atoms with E-state index in [0.29, 0.717) is 20.8 Å². The molecule has 1 aromatic carbocycles. The summed E-state index contributed by atoms with van der Waals surface area (Å²) in [5.74, 6) is 0. The van der Waals surface area contributed by atoms with Crippen LogP contribution in [0.1, 0.15) is 0 Å². The van der Waals surface area contributed by atoms with E-state index in [4.69, 9.17) is 40.5 Å². The van der Waals surface area contributed by atoms with Gasteiger partial charge in [-0.15, -0.1) is 0 Å². The van der Waals surface area contributed by atoms with Crippen LogP contribution in [0.5, 0.6) is 0 Å². The summed E-state index contributed by atoms with van der Waals surface area (Å²) in [7, 11) is 3.70. The summed E-state index contributed by atoms with van der Waals surface area (Å²) in [6.45, 7) is 0. The highest BCUT2D eigenvalue weighted by molar-refractivity contribution is 6.47. The Kier molecular flexibility index (Phi) is 3.17. The molecule has 0 unspecified atom stereocenters. The molecular formula is C8H9Cl3N2. The van der Waals surface area contributed by atoms with Crippen LogP contribution in [0, 0.1) is 0 Å². The number of nitrogen functional groups attached to an aromatic ring is 1. The van der Waals surface area contributed by atoms with Gasteiger partial charge in [-0.2, -0.15) is 0 Å². The van der Waals surface area contributed by atoms with Gasteiger partial charge in [-0.1, -0.05) is 34.8 Å². The van der Waals surface area contributed by atoms with Crippen molar-refractivity contribution < 1.29 is 0 Å². The van der Waals surface area contributed by atoms with Crippen molar-refractivity contribution in [3.8, 4) is 0 Å². The molecular weight excluding hydrogens is 230 g/mol. The van der Waals surface area contributed by atoms with Crippen molar-refractivity contribution in [3.63, 3.8) is 0 Å². The molecule has 0 aliphatic heterocycles. The summed E-state index contributed by atoms with van der Waals surface area (Å²) in [4.78, 5) is 1.82. The van der Waals surface area contributed by atoms with Crippen LogP contribution in [0.25, 0.3) is 0 Å². The van der Waals surface area contributed by atoms with Crippen molar-refractivity contribution in [1.29, 1.82) is 0 Å². The molecule has 0 aliphatic carbocycles. The predicted octanol–water partition coefficient (Wildman–Crippen LogP) is 3.30. The number of hydrogen-bond acceptors (Lipinski definition) is 2. The summed E-state index contributed by atoms with van der Waals surface area (Å²) >= 11 is 17.7. The monoisotopic (exact) mass is 238 g/mol. The largest absolute Gasteiger partial charge is 0.396 e. The third-order valence-electron chi connectivity index (χ3n) is 1.66. The van der Waals surface area contributed by atoms with Gasteiger partial charge in [-0.3, -0.25) is 0 Å². The molecule has 0 atom stereocenters. The first kappa shape index (κ1) is 10.8. The van der Waals surface area contributed by atoms with Crippen molar-refractivity contribution in [3.05, 3.63) is 21.1 Å². The predicted molar refractivity (Wildman–Crippen MR) is 60.2 cm³/mol. The van der Waals surface area contributed by atoms with Crippen LogP contribution in [0.3, 0.4) is 0 Å². The molecule has 0 aromatic heterocycles. The molecule has 0 saturated heterocycles. The van der Waals surface area contributed by atoms with Crippen LogP contribution in [0.4, 0.5) is 11.4 Å². The second-order valence-corrected chi connectivity index (χ2v) is 3.98. The van der Waals surface area contributed by atoms with Crippen molar-refractivity contribution in [1.82, 2.24) is 0 Å². The quantitative estimate of drug-likeness (QED) is 0.602. The Morgan fingerprint density at radius 3 is 2.15 bits per heavy atom. The molecule has 0 spiro atoms. The lowest BCUT2D eigenvalue weighted by Crippen LogP contribution is -2.09. The van der Waals surface area contributed by atoms with E-state index in [-0.39, 0.29) is 0 Å². The lowest BCUT2D eigenvalue weighted by Gasteiger charge is -2.16. The summed E-state index contributed by atoms with van der Waals surface area (Å²) in [6.07, 6.45) is 0. The molecule has 5 heteroatoms. The minimum Gasteiger partial charge on any atom is -0.396 e. The zero-order valence-electron chi connectivity index (χ0n) is 7.24. The van der Waals surface area contributed by atoms with E-state index in [1.807, 2.05) is 19.0 Å². The number of nitrogens with two attached hydrogens (primary N) is 1. The second-order valence-electron chi connectivity index (χ2n) is 2.81. The van der Waals surface area contributed by atoms with Gasteiger partial charge in [0.05, 0.1) is 26.4 Å². The van der Waals surface area contributed by atoms with E-state index in [9.17, 15) is 0 Å². The van der Waals surface area contributed by atoms with Crippen LogP contribution >= 0.6 is 34.8 Å². The fourth-order valence-corrected chi connectivity index (χ4v) is 1.69. The van der Waals surface area contributed by atoms with Crippen molar-refractivity contribution >= 4 is 46.2 Å². The average Bonchev–Trinajstić information content (AvgIpc) is 2.07. The minimum atomic E-state index is 0.304. The Hall–Kier alpha value is -0.310. The maximum Gasteiger partial charge on any atom is 0.0858 e. The molecule has 1 rings (SSSR count). The Labute approximate surface area is 92.2 Å². The molecule has 13 heavy (non-hydrogen) atoms. The van der Waals surface area contributed by atoms with Crippen molar-refractivity contribution in [2.75, 3.05) is 24.7 Å². The maximum absolute atomic E-state index is 5.95. The van der Waals surface area contributed by atoms with Gasteiger partial charge in [-0.05, 0) is 6.07 Å². The highest BCUT2D eigenvalue weighted by Gasteiger charge is 2.13. The van der Waals surface area contributed by atoms with E-state index in [1.165, 1.54) is 0 Å². The fourth-order valence-electron chi connectivity index (χ4n) is 0.922. The number of benzene rings is 1. The van der Waals surface area contributed by atoms with Gasteiger partial charge in [0.1, 0.15) is 0 Å². The second kappa shape index (κ2) is 3.82. The SMILES string of the molecule is CN(C)c1cc(Cl)c(N)c(Cl)c1Cl. The topological polar surface area (TPSA) is 29.3 Å². The molecule has 0 amide bonds. The number of halogens is 3. The Bertz CT molecular complexity index is 337. The van der Waals surface area contributed by atoms with Gasteiger partial charge in [0.25, 0.3) is 0 Å².